The number of nitrogens with zero attached hydrogens (tertiary/aromatic N) is 2. The lowest BCUT2D eigenvalue weighted by molar-refractivity contribution is -0.170. The molecule has 0 saturated heterocycles. The second kappa shape index (κ2) is 6.77. The number of nitrogens with two attached hydrogens (primary N) is 1. The average Bonchev–Trinajstić information content (AvgIpc) is 3.12. The zero-order valence-corrected chi connectivity index (χ0v) is 16.3. The van der Waals surface area contributed by atoms with Crippen LogP contribution < -0.4 is 11.3 Å². The van der Waals surface area contributed by atoms with E-state index in [1.807, 2.05) is 24.3 Å². The van der Waals surface area contributed by atoms with E-state index in [9.17, 15) is 14.4 Å². The van der Waals surface area contributed by atoms with Gasteiger partial charge in [-0.3, -0.25) is 9.59 Å². The minimum Gasteiger partial charge on any atom is -0.458 e. The Hall–Kier alpha value is -3.52. The molecule has 3 aromatic rings. The second-order valence-electron chi connectivity index (χ2n) is 7.32. The molecule has 0 amide bonds. The summed E-state index contributed by atoms with van der Waals surface area (Å²) in [7, 11) is 0. The van der Waals surface area contributed by atoms with Gasteiger partial charge in [0.2, 0.25) is 6.10 Å². The number of hydrogen-bond acceptors (Lipinski definition) is 7. The fourth-order valence-corrected chi connectivity index (χ4v) is 4.34. The summed E-state index contributed by atoms with van der Waals surface area (Å²) in [5.74, 6) is -1.46. The van der Waals surface area contributed by atoms with Crippen LogP contribution >= 0.6 is 0 Å². The molecule has 0 spiro atoms. The fourth-order valence-electron chi connectivity index (χ4n) is 4.34. The lowest BCUT2D eigenvalue weighted by Gasteiger charge is -2.24. The first-order chi connectivity index (χ1) is 14.5. The Kier molecular flexibility index (Phi) is 4.18. The zero-order chi connectivity index (χ0) is 21.0. The zero-order valence-electron chi connectivity index (χ0n) is 16.3. The van der Waals surface area contributed by atoms with Crippen LogP contribution in [0, 0.1) is 0 Å². The highest BCUT2D eigenvalue weighted by Gasteiger charge is 2.37. The SMILES string of the molecule is CCc1c2c(nc3ccccc13)-c1cc3c(c(=O)n1C2)COC(=O)C3OC(=O)CN. The molecule has 2 aliphatic heterocycles. The minimum atomic E-state index is -1.31. The maximum atomic E-state index is 13.3. The van der Waals surface area contributed by atoms with Crippen LogP contribution in [-0.4, -0.2) is 28.0 Å². The smallest absolute Gasteiger partial charge is 0.352 e. The number of hydrogen-bond donors (Lipinski definition) is 1. The molecule has 1 atom stereocenters. The Morgan fingerprint density at radius 2 is 2.10 bits per heavy atom. The number of rotatable bonds is 3. The number of carbonyl (C=O) groups excluding carboxylic acids is 2. The van der Waals surface area contributed by atoms with E-state index in [1.165, 1.54) is 0 Å². The van der Waals surface area contributed by atoms with Gasteiger partial charge >= 0.3 is 11.9 Å². The number of aromatic nitrogens is 2. The van der Waals surface area contributed by atoms with Crippen molar-refractivity contribution in [1.29, 1.82) is 0 Å². The standard InChI is InChI=1S/C22H19N3O5/c1-2-11-12-5-3-4-6-16(12)24-19-14(11)9-25-17(19)7-13-15(21(25)27)10-29-22(28)20(13)30-18(26)8-23/h3-7,20H,2,8-10,23H2,1H3. The maximum Gasteiger partial charge on any atom is 0.352 e. The molecule has 2 aliphatic rings. The van der Waals surface area contributed by atoms with Gasteiger partial charge in [-0.1, -0.05) is 25.1 Å². The van der Waals surface area contributed by atoms with E-state index in [2.05, 4.69) is 6.92 Å². The number of benzene rings is 1. The van der Waals surface area contributed by atoms with Crippen LogP contribution in [0.1, 0.15) is 35.3 Å². The fraction of sp³-hybridized carbons (Fsp3) is 0.273. The number of pyridine rings is 2. The van der Waals surface area contributed by atoms with Gasteiger partial charge < -0.3 is 19.8 Å². The summed E-state index contributed by atoms with van der Waals surface area (Å²) in [5.41, 5.74) is 10.0. The first-order valence-corrected chi connectivity index (χ1v) is 9.77. The maximum absolute atomic E-state index is 13.3. The van der Waals surface area contributed by atoms with Crippen LogP contribution in [0.25, 0.3) is 22.3 Å². The van der Waals surface area contributed by atoms with Crippen molar-refractivity contribution in [2.45, 2.75) is 32.6 Å². The van der Waals surface area contributed by atoms with Crippen LogP contribution in [0.15, 0.2) is 35.1 Å². The average molecular weight is 405 g/mol. The van der Waals surface area contributed by atoms with Crippen molar-refractivity contribution in [1.82, 2.24) is 9.55 Å². The molecule has 1 aromatic carbocycles. The Balaban J connectivity index is 1.75. The number of esters is 2. The molecule has 0 saturated carbocycles. The molecule has 8 heteroatoms. The van der Waals surface area contributed by atoms with Gasteiger partial charge in [0.25, 0.3) is 5.56 Å². The van der Waals surface area contributed by atoms with Gasteiger partial charge in [0, 0.05) is 16.5 Å². The topological polar surface area (TPSA) is 114 Å². The third-order valence-electron chi connectivity index (χ3n) is 5.73. The molecular formula is C22H19N3O5. The van der Waals surface area contributed by atoms with E-state index in [0.717, 1.165) is 28.5 Å². The molecular weight excluding hydrogens is 386 g/mol. The first-order valence-electron chi connectivity index (χ1n) is 9.77. The van der Waals surface area contributed by atoms with E-state index in [4.69, 9.17) is 20.2 Å². The molecule has 8 nitrogen and oxygen atoms in total. The third-order valence-corrected chi connectivity index (χ3v) is 5.73. The van der Waals surface area contributed by atoms with Gasteiger partial charge in [0.15, 0.2) is 0 Å². The van der Waals surface area contributed by atoms with Crippen molar-refractivity contribution in [2.24, 2.45) is 5.73 Å². The van der Waals surface area contributed by atoms with Crippen LogP contribution in [0.4, 0.5) is 0 Å². The van der Waals surface area contributed by atoms with E-state index >= 15 is 0 Å². The summed E-state index contributed by atoms with van der Waals surface area (Å²) in [4.78, 5) is 42.1. The number of para-hydroxylation sites is 1. The van der Waals surface area contributed by atoms with Crippen molar-refractivity contribution >= 4 is 22.8 Å². The molecule has 1 unspecified atom stereocenters. The summed E-state index contributed by atoms with van der Waals surface area (Å²) < 4.78 is 11.9. The highest BCUT2D eigenvalue weighted by atomic mass is 16.6. The van der Waals surface area contributed by atoms with Gasteiger partial charge in [0.05, 0.1) is 35.6 Å². The molecule has 0 bridgehead atoms. The molecule has 2 aromatic heterocycles. The van der Waals surface area contributed by atoms with Gasteiger partial charge in [-0.2, -0.15) is 0 Å². The number of carbonyl (C=O) groups is 2. The van der Waals surface area contributed by atoms with Crippen LogP contribution in [0.5, 0.6) is 0 Å². The van der Waals surface area contributed by atoms with Gasteiger partial charge in [-0.25, -0.2) is 9.78 Å². The van der Waals surface area contributed by atoms with Crippen molar-refractivity contribution in [3.05, 3.63) is 62.9 Å². The molecule has 4 heterocycles. The molecule has 30 heavy (non-hydrogen) atoms. The number of fused-ring (bicyclic) bond motifs is 5. The Morgan fingerprint density at radius 3 is 2.87 bits per heavy atom. The number of aryl methyl sites for hydroxylation is 1. The summed E-state index contributed by atoms with van der Waals surface area (Å²) in [6.45, 7) is 1.95. The van der Waals surface area contributed by atoms with E-state index in [-0.39, 0.29) is 18.7 Å². The molecule has 0 radical (unpaired) electrons. The highest BCUT2D eigenvalue weighted by Crippen LogP contribution is 2.38. The lowest BCUT2D eigenvalue weighted by atomic mass is 9.97. The summed E-state index contributed by atoms with van der Waals surface area (Å²) >= 11 is 0. The molecule has 0 fully saturated rings. The van der Waals surface area contributed by atoms with Gasteiger partial charge in [-0.05, 0) is 24.1 Å². The largest absolute Gasteiger partial charge is 0.458 e. The predicted molar refractivity (Wildman–Crippen MR) is 108 cm³/mol. The van der Waals surface area contributed by atoms with E-state index in [1.54, 1.807) is 10.6 Å². The summed E-state index contributed by atoms with van der Waals surface area (Å²) in [6.07, 6.45) is -0.509. The van der Waals surface area contributed by atoms with Crippen LogP contribution in [-0.2, 0) is 38.6 Å². The molecule has 5 rings (SSSR count). The number of cyclic esters (lactones) is 1. The Bertz CT molecular complexity index is 1290. The normalized spacial score (nSPS) is 16.6. The predicted octanol–water partition coefficient (Wildman–Crippen LogP) is 1.59. The first kappa shape index (κ1) is 18.5. The third kappa shape index (κ3) is 2.57. The quantitative estimate of drug-likeness (QED) is 0.515. The van der Waals surface area contributed by atoms with E-state index < -0.39 is 18.0 Å². The minimum absolute atomic E-state index is 0.156. The van der Waals surface area contributed by atoms with Gasteiger partial charge in [0.1, 0.15) is 6.61 Å². The summed E-state index contributed by atoms with van der Waals surface area (Å²) in [5, 5.41) is 1.07. The van der Waals surface area contributed by atoms with Crippen molar-refractivity contribution in [3.63, 3.8) is 0 Å². The Morgan fingerprint density at radius 1 is 1.30 bits per heavy atom. The van der Waals surface area contributed by atoms with Crippen molar-refractivity contribution in [2.75, 3.05) is 6.54 Å². The lowest BCUT2D eigenvalue weighted by Crippen LogP contribution is -2.35. The van der Waals surface area contributed by atoms with Gasteiger partial charge in [-0.15, -0.1) is 0 Å². The van der Waals surface area contributed by atoms with Crippen LogP contribution in [0.3, 0.4) is 0 Å². The number of ether oxygens (including phenoxy) is 2. The molecule has 152 valence electrons. The van der Waals surface area contributed by atoms with Crippen LogP contribution in [0.2, 0.25) is 0 Å². The Labute approximate surface area is 171 Å². The second-order valence-corrected chi connectivity index (χ2v) is 7.32. The summed E-state index contributed by atoms with van der Waals surface area (Å²) in [6, 6.07) is 9.60. The molecule has 2 N–H and O–H groups in total. The van der Waals surface area contributed by atoms with Crippen molar-refractivity contribution < 1.29 is 19.1 Å². The highest BCUT2D eigenvalue weighted by molar-refractivity contribution is 5.88. The monoisotopic (exact) mass is 405 g/mol. The molecule has 0 aliphatic carbocycles. The van der Waals surface area contributed by atoms with Crippen molar-refractivity contribution in [3.8, 4) is 11.4 Å². The van der Waals surface area contributed by atoms with E-state index in [0.29, 0.717) is 29.1 Å².